The second-order valence-electron chi connectivity index (χ2n) is 7.81. The summed E-state index contributed by atoms with van der Waals surface area (Å²) in [5, 5.41) is 2.90. The molecule has 0 unspecified atom stereocenters. The Morgan fingerprint density at radius 1 is 1.06 bits per heavy atom. The van der Waals surface area contributed by atoms with Crippen LogP contribution in [-0.4, -0.2) is 44.6 Å². The average Bonchev–Trinajstić information content (AvgIpc) is 3.22. The molecule has 1 aliphatic heterocycles. The number of nitrogens with zero attached hydrogens (tertiary/aromatic N) is 1. The van der Waals surface area contributed by atoms with Crippen molar-refractivity contribution in [1.82, 2.24) is 0 Å². The first kappa shape index (κ1) is 21.0. The first-order valence-corrected chi connectivity index (χ1v) is 11.8. The maximum absolute atomic E-state index is 13.2. The fourth-order valence-corrected chi connectivity index (χ4v) is 4.87. The van der Waals surface area contributed by atoms with Crippen LogP contribution in [-0.2, 0) is 24.2 Å². The molecule has 1 heterocycles. The van der Waals surface area contributed by atoms with Crippen molar-refractivity contribution in [3.8, 4) is 0 Å². The van der Waals surface area contributed by atoms with E-state index in [1.807, 2.05) is 0 Å². The molecular formula is C22H22N2O6S. The summed E-state index contributed by atoms with van der Waals surface area (Å²) in [7, 11) is -3.38. The van der Waals surface area contributed by atoms with Crippen LogP contribution < -0.4 is 10.2 Å². The van der Waals surface area contributed by atoms with Crippen LogP contribution in [0.2, 0.25) is 0 Å². The van der Waals surface area contributed by atoms with Gasteiger partial charge in [0.1, 0.15) is 5.54 Å². The van der Waals surface area contributed by atoms with E-state index in [0.717, 1.165) is 19.1 Å². The summed E-state index contributed by atoms with van der Waals surface area (Å²) in [6.45, 7) is -0.532. The van der Waals surface area contributed by atoms with Crippen LogP contribution in [0.25, 0.3) is 0 Å². The van der Waals surface area contributed by atoms with Crippen molar-refractivity contribution < 1.29 is 27.5 Å². The van der Waals surface area contributed by atoms with Crippen molar-refractivity contribution >= 4 is 39.0 Å². The van der Waals surface area contributed by atoms with Gasteiger partial charge in [0.25, 0.3) is 11.8 Å². The van der Waals surface area contributed by atoms with Gasteiger partial charge in [0.15, 0.2) is 16.4 Å². The Balaban J connectivity index is 1.54. The van der Waals surface area contributed by atoms with Crippen molar-refractivity contribution in [3.05, 3.63) is 54.1 Å². The van der Waals surface area contributed by atoms with Crippen molar-refractivity contribution in [1.29, 1.82) is 0 Å². The monoisotopic (exact) mass is 442 g/mol. The molecule has 2 aromatic carbocycles. The number of hydrogen-bond acceptors (Lipinski definition) is 6. The molecule has 1 spiro atoms. The van der Waals surface area contributed by atoms with Gasteiger partial charge in [-0.15, -0.1) is 0 Å². The fourth-order valence-electron chi connectivity index (χ4n) is 4.24. The molecule has 8 nitrogen and oxygen atoms in total. The minimum atomic E-state index is -3.38. The third kappa shape index (κ3) is 3.81. The fraction of sp³-hybridized carbons (Fsp3) is 0.318. The van der Waals surface area contributed by atoms with E-state index in [1.54, 1.807) is 24.3 Å². The highest BCUT2D eigenvalue weighted by Crippen LogP contribution is 2.45. The minimum Gasteiger partial charge on any atom is -0.452 e. The normalized spacial score (nSPS) is 17.2. The third-order valence-electron chi connectivity index (χ3n) is 5.77. The number of esters is 1. The molecular weight excluding hydrogens is 420 g/mol. The molecule has 1 fully saturated rings. The molecule has 2 amide bonds. The summed E-state index contributed by atoms with van der Waals surface area (Å²) in [4.78, 5) is 40.0. The van der Waals surface area contributed by atoms with E-state index in [4.69, 9.17) is 4.74 Å². The topological polar surface area (TPSA) is 110 Å². The summed E-state index contributed by atoms with van der Waals surface area (Å²) in [6.07, 6.45) is 3.81. The van der Waals surface area contributed by atoms with Crippen LogP contribution >= 0.6 is 0 Å². The molecule has 2 aromatic rings. The van der Waals surface area contributed by atoms with E-state index in [1.165, 1.54) is 29.2 Å². The van der Waals surface area contributed by atoms with E-state index in [9.17, 15) is 22.8 Å². The Kier molecular flexibility index (Phi) is 5.30. The first-order valence-electron chi connectivity index (χ1n) is 9.93. The molecule has 9 heteroatoms. The molecule has 1 N–H and O–H groups in total. The largest absolute Gasteiger partial charge is 0.452 e. The molecule has 2 aliphatic rings. The Morgan fingerprint density at radius 2 is 1.71 bits per heavy atom. The highest BCUT2D eigenvalue weighted by Gasteiger charge is 2.52. The zero-order valence-corrected chi connectivity index (χ0v) is 17.8. The Bertz CT molecular complexity index is 1150. The van der Waals surface area contributed by atoms with Gasteiger partial charge >= 0.3 is 5.97 Å². The van der Waals surface area contributed by atoms with Gasteiger partial charge < -0.3 is 10.1 Å². The molecule has 1 saturated carbocycles. The van der Waals surface area contributed by atoms with Gasteiger partial charge in [-0.3, -0.25) is 14.5 Å². The molecule has 0 bridgehead atoms. The summed E-state index contributed by atoms with van der Waals surface area (Å²) in [5.41, 5.74) is 0.283. The number of nitrogens with one attached hydrogen (secondary N) is 1. The summed E-state index contributed by atoms with van der Waals surface area (Å²) in [6, 6.07) is 12.3. The number of anilines is 2. The molecule has 4 rings (SSSR count). The number of para-hydroxylation sites is 2. The molecule has 0 atom stereocenters. The number of carbonyl (C=O) groups excluding carboxylic acids is 3. The van der Waals surface area contributed by atoms with Crippen LogP contribution in [0, 0.1) is 0 Å². The average molecular weight is 442 g/mol. The summed E-state index contributed by atoms with van der Waals surface area (Å²) < 4.78 is 28.3. The number of amides is 2. The maximum Gasteiger partial charge on any atom is 0.338 e. The predicted molar refractivity (Wildman–Crippen MR) is 114 cm³/mol. The molecule has 0 radical (unpaired) electrons. The van der Waals surface area contributed by atoms with Crippen LogP contribution in [0.5, 0.6) is 0 Å². The lowest BCUT2D eigenvalue weighted by molar-refractivity contribution is -0.129. The van der Waals surface area contributed by atoms with Crippen LogP contribution in [0.1, 0.15) is 36.0 Å². The SMILES string of the molecule is CS(=O)(=O)c1ccc(C(=O)OCC(=O)N2c3ccccc3NC(=O)C23CCCC3)cc1. The van der Waals surface area contributed by atoms with Crippen molar-refractivity contribution in [2.75, 3.05) is 23.1 Å². The highest BCUT2D eigenvalue weighted by molar-refractivity contribution is 7.90. The lowest BCUT2D eigenvalue weighted by atomic mass is 9.90. The van der Waals surface area contributed by atoms with E-state index in [-0.39, 0.29) is 16.4 Å². The van der Waals surface area contributed by atoms with Crippen LogP contribution in [0.15, 0.2) is 53.4 Å². The zero-order chi connectivity index (χ0) is 22.2. The van der Waals surface area contributed by atoms with Crippen LogP contribution in [0.4, 0.5) is 11.4 Å². The third-order valence-corrected chi connectivity index (χ3v) is 6.90. The van der Waals surface area contributed by atoms with E-state index < -0.39 is 33.9 Å². The number of fused-ring (bicyclic) bond motifs is 1. The predicted octanol–water partition coefficient (Wildman–Crippen LogP) is 2.55. The number of sulfone groups is 1. The van der Waals surface area contributed by atoms with E-state index in [0.29, 0.717) is 24.2 Å². The summed E-state index contributed by atoms with van der Waals surface area (Å²) >= 11 is 0. The number of carbonyl (C=O) groups is 3. The Hall–Kier alpha value is -3.20. The van der Waals surface area contributed by atoms with Crippen molar-refractivity contribution in [3.63, 3.8) is 0 Å². The maximum atomic E-state index is 13.2. The van der Waals surface area contributed by atoms with Crippen molar-refractivity contribution in [2.24, 2.45) is 0 Å². The van der Waals surface area contributed by atoms with Crippen LogP contribution in [0.3, 0.4) is 0 Å². The number of ether oxygens (including phenoxy) is 1. The molecule has 0 aromatic heterocycles. The number of rotatable bonds is 4. The molecule has 162 valence electrons. The van der Waals surface area contributed by atoms with Gasteiger partial charge in [0.2, 0.25) is 0 Å². The number of benzene rings is 2. The molecule has 31 heavy (non-hydrogen) atoms. The second kappa shape index (κ2) is 7.81. The lowest BCUT2D eigenvalue weighted by Gasteiger charge is -2.44. The minimum absolute atomic E-state index is 0.0826. The second-order valence-corrected chi connectivity index (χ2v) is 9.83. The lowest BCUT2D eigenvalue weighted by Crippen LogP contribution is -2.61. The van der Waals surface area contributed by atoms with Gasteiger partial charge in [0, 0.05) is 6.26 Å². The van der Waals surface area contributed by atoms with Gasteiger partial charge in [-0.2, -0.15) is 0 Å². The van der Waals surface area contributed by atoms with E-state index >= 15 is 0 Å². The Morgan fingerprint density at radius 3 is 2.35 bits per heavy atom. The smallest absolute Gasteiger partial charge is 0.338 e. The first-order chi connectivity index (χ1) is 14.7. The van der Waals surface area contributed by atoms with Gasteiger partial charge in [-0.05, 0) is 49.2 Å². The number of hydrogen-bond donors (Lipinski definition) is 1. The van der Waals surface area contributed by atoms with Crippen molar-refractivity contribution in [2.45, 2.75) is 36.1 Å². The van der Waals surface area contributed by atoms with Gasteiger partial charge in [-0.25, -0.2) is 13.2 Å². The molecule has 1 aliphatic carbocycles. The highest BCUT2D eigenvalue weighted by atomic mass is 32.2. The zero-order valence-electron chi connectivity index (χ0n) is 17.0. The Labute approximate surface area is 180 Å². The summed E-state index contributed by atoms with van der Waals surface area (Å²) in [5.74, 6) is -1.45. The standard InChI is InChI=1S/C22H22N2O6S/c1-31(28,29)16-10-8-15(9-11-16)20(26)30-14-19(25)24-18-7-3-2-6-17(18)23-21(27)22(24)12-4-5-13-22/h2-3,6-11H,4-5,12-14H2,1H3,(H,23,27). The van der Waals surface area contributed by atoms with Gasteiger partial charge in [-0.1, -0.05) is 25.0 Å². The quantitative estimate of drug-likeness (QED) is 0.729. The molecule has 0 saturated heterocycles. The van der Waals surface area contributed by atoms with E-state index in [2.05, 4.69) is 5.32 Å². The van der Waals surface area contributed by atoms with Gasteiger partial charge in [0.05, 0.1) is 21.8 Å².